The molecule has 0 bridgehead atoms. The molecular weight excluding hydrogens is 252 g/mol. The second-order valence-corrected chi connectivity index (χ2v) is 6.16. The van der Waals surface area contributed by atoms with Gasteiger partial charge in [0, 0.05) is 37.6 Å². The molecule has 1 N–H and O–H groups in total. The summed E-state index contributed by atoms with van der Waals surface area (Å²) in [6.45, 7) is 6.33. The SMILES string of the molecule is CC(C)N1CC[C@H](NC(=O)c2ncc(C3CC3)cn2)C1. The summed E-state index contributed by atoms with van der Waals surface area (Å²) in [6.07, 6.45) is 7.05. The van der Waals surface area contributed by atoms with Crippen molar-refractivity contribution in [2.24, 2.45) is 0 Å². The van der Waals surface area contributed by atoms with Crippen LogP contribution in [0.3, 0.4) is 0 Å². The molecule has 1 aromatic heterocycles. The van der Waals surface area contributed by atoms with Gasteiger partial charge in [0.25, 0.3) is 5.91 Å². The molecule has 1 amide bonds. The van der Waals surface area contributed by atoms with Gasteiger partial charge in [0.15, 0.2) is 0 Å². The number of likely N-dealkylation sites (tertiary alicyclic amines) is 1. The standard InChI is InChI=1S/C15H22N4O/c1-10(2)19-6-5-13(9-19)18-15(20)14-16-7-12(8-17-14)11-3-4-11/h7-8,10-11,13H,3-6,9H2,1-2H3,(H,18,20)/t13-/m0/s1. The third kappa shape index (κ3) is 2.98. The minimum absolute atomic E-state index is 0.150. The molecule has 1 saturated heterocycles. The van der Waals surface area contributed by atoms with Crippen LogP contribution in [0.1, 0.15) is 55.2 Å². The Morgan fingerprint density at radius 2 is 2.00 bits per heavy atom. The van der Waals surface area contributed by atoms with Crippen LogP contribution in [0, 0.1) is 0 Å². The third-order valence-corrected chi connectivity index (χ3v) is 4.21. The van der Waals surface area contributed by atoms with Gasteiger partial charge in [-0.2, -0.15) is 0 Å². The van der Waals surface area contributed by atoms with Crippen LogP contribution in [0.4, 0.5) is 0 Å². The van der Waals surface area contributed by atoms with E-state index < -0.39 is 0 Å². The maximum Gasteiger partial charge on any atom is 0.289 e. The highest BCUT2D eigenvalue weighted by molar-refractivity contribution is 5.90. The summed E-state index contributed by atoms with van der Waals surface area (Å²) < 4.78 is 0. The molecule has 0 unspecified atom stereocenters. The lowest BCUT2D eigenvalue weighted by atomic mass is 10.2. The number of carbonyl (C=O) groups excluding carboxylic acids is 1. The highest BCUT2D eigenvalue weighted by Gasteiger charge is 2.27. The van der Waals surface area contributed by atoms with E-state index in [1.165, 1.54) is 12.8 Å². The number of aromatic nitrogens is 2. The van der Waals surface area contributed by atoms with Gasteiger partial charge in [0.2, 0.25) is 5.82 Å². The normalized spacial score (nSPS) is 23.2. The monoisotopic (exact) mass is 274 g/mol. The summed E-state index contributed by atoms with van der Waals surface area (Å²) in [5.74, 6) is 0.766. The van der Waals surface area contributed by atoms with Crippen LogP contribution in [0.5, 0.6) is 0 Å². The van der Waals surface area contributed by atoms with Gasteiger partial charge in [-0.3, -0.25) is 9.69 Å². The smallest absolute Gasteiger partial charge is 0.289 e. The zero-order chi connectivity index (χ0) is 14.1. The number of amides is 1. The van der Waals surface area contributed by atoms with Crippen molar-refractivity contribution in [1.82, 2.24) is 20.2 Å². The van der Waals surface area contributed by atoms with Gasteiger partial charge in [-0.1, -0.05) is 0 Å². The Kier molecular flexibility index (Phi) is 3.70. The van der Waals surface area contributed by atoms with Crippen LogP contribution in [0.25, 0.3) is 0 Å². The summed E-state index contributed by atoms with van der Waals surface area (Å²) >= 11 is 0. The molecular formula is C15H22N4O. The quantitative estimate of drug-likeness (QED) is 0.905. The van der Waals surface area contributed by atoms with Crippen LogP contribution < -0.4 is 5.32 Å². The van der Waals surface area contributed by atoms with E-state index in [2.05, 4.69) is 34.0 Å². The average Bonchev–Trinajstić information content (AvgIpc) is 3.19. The molecule has 1 aliphatic heterocycles. The first kappa shape index (κ1) is 13.5. The van der Waals surface area contributed by atoms with Crippen molar-refractivity contribution in [3.05, 3.63) is 23.8 Å². The number of hydrogen-bond donors (Lipinski definition) is 1. The lowest BCUT2D eigenvalue weighted by molar-refractivity contribution is 0.0926. The van der Waals surface area contributed by atoms with Crippen molar-refractivity contribution >= 4 is 5.91 Å². The topological polar surface area (TPSA) is 58.1 Å². The van der Waals surface area contributed by atoms with E-state index in [4.69, 9.17) is 0 Å². The number of carbonyl (C=O) groups is 1. The lowest BCUT2D eigenvalue weighted by Gasteiger charge is -2.20. The molecule has 2 fully saturated rings. The maximum absolute atomic E-state index is 12.1. The van der Waals surface area contributed by atoms with Crippen molar-refractivity contribution in [2.45, 2.75) is 51.1 Å². The first-order chi connectivity index (χ1) is 9.63. The van der Waals surface area contributed by atoms with Crippen LogP contribution in [-0.4, -0.2) is 45.9 Å². The molecule has 1 aliphatic carbocycles. The Hall–Kier alpha value is -1.49. The Labute approximate surface area is 119 Å². The molecule has 0 spiro atoms. The molecule has 108 valence electrons. The van der Waals surface area contributed by atoms with E-state index >= 15 is 0 Å². The Morgan fingerprint density at radius 3 is 2.55 bits per heavy atom. The van der Waals surface area contributed by atoms with E-state index in [1.807, 2.05) is 0 Å². The molecule has 20 heavy (non-hydrogen) atoms. The van der Waals surface area contributed by atoms with Gasteiger partial charge >= 0.3 is 0 Å². The molecule has 2 heterocycles. The molecule has 2 aliphatic rings. The first-order valence-corrected chi connectivity index (χ1v) is 7.50. The van der Waals surface area contributed by atoms with Crippen molar-refractivity contribution in [3.63, 3.8) is 0 Å². The summed E-state index contributed by atoms with van der Waals surface area (Å²) in [7, 11) is 0. The van der Waals surface area contributed by atoms with Gasteiger partial charge in [0.1, 0.15) is 0 Å². The number of rotatable bonds is 4. The molecule has 3 rings (SSSR count). The molecule has 1 aromatic rings. The van der Waals surface area contributed by atoms with Crippen LogP contribution in [0.15, 0.2) is 12.4 Å². The van der Waals surface area contributed by atoms with E-state index in [0.29, 0.717) is 12.0 Å². The van der Waals surface area contributed by atoms with Gasteiger partial charge in [0.05, 0.1) is 0 Å². The minimum atomic E-state index is -0.150. The predicted molar refractivity (Wildman–Crippen MR) is 76.6 cm³/mol. The first-order valence-electron chi connectivity index (χ1n) is 7.50. The van der Waals surface area contributed by atoms with Crippen LogP contribution >= 0.6 is 0 Å². The van der Waals surface area contributed by atoms with E-state index in [1.54, 1.807) is 12.4 Å². The number of nitrogens with zero attached hydrogens (tertiary/aromatic N) is 3. The largest absolute Gasteiger partial charge is 0.345 e. The third-order valence-electron chi connectivity index (χ3n) is 4.21. The van der Waals surface area contributed by atoms with Crippen LogP contribution in [-0.2, 0) is 0 Å². The highest BCUT2D eigenvalue weighted by atomic mass is 16.2. The average molecular weight is 274 g/mol. The lowest BCUT2D eigenvalue weighted by Crippen LogP contribution is -2.39. The highest BCUT2D eigenvalue weighted by Crippen LogP contribution is 2.39. The van der Waals surface area contributed by atoms with Crippen molar-refractivity contribution < 1.29 is 4.79 Å². The fourth-order valence-corrected chi connectivity index (χ4v) is 2.71. The van der Waals surface area contributed by atoms with Crippen LogP contribution in [0.2, 0.25) is 0 Å². The second-order valence-electron chi connectivity index (χ2n) is 6.16. The second kappa shape index (κ2) is 5.48. The molecule has 0 aromatic carbocycles. The Morgan fingerprint density at radius 1 is 1.30 bits per heavy atom. The Bertz CT molecular complexity index is 481. The zero-order valence-corrected chi connectivity index (χ0v) is 12.2. The fourth-order valence-electron chi connectivity index (χ4n) is 2.71. The molecule has 0 radical (unpaired) electrons. The van der Waals surface area contributed by atoms with Gasteiger partial charge in [-0.05, 0) is 44.6 Å². The molecule has 5 heteroatoms. The fraction of sp³-hybridized carbons (Fsp3) is 0.667. The number of hydrogen-bond acceptors (Lipinski definition) is 4. The van der Waals surface area contributed by atoms with E-state index in [-0.39, 0.29) is 17.8 Å². The van der Waals surface area contributed by atoms with Crippen molar-refractivity contribution in [2.75, 3.05) is 13.1 Å². The predicted octanol–water partition coefficient (Wildman–Crippen LogP) is 1.57. The molecule has 5 nitrogen and oxygen atoms in total. The summed E-state index contributed by atoms with van der Waals surface area (Å²) in [4.78, 5) is 22.9. The maximum atomic E-state index is 12.1. The van der Waals surface area contributed by atoms with E-state index in [9.17, 15) is 4.79 Å². The summed E-state index contributed by atoms with van der Waals surface area (Å²) in [5.41, 5.74) is 1.16. The van der Waals surface area contributed by atoms with Crippen molar-refractivity contribution in [1.29, 1.82) is 0 Å². The molecule has 1 saturated carbocycles. The van der Waals surface area contributed by atoms with Gasteiger partial charge in [-0.25, -0.2) is 9.97 Å². The van der Waals surface area contributed by atoms with E-state index in [0.717, 1.165) is 25.1 Å². The molecule has 1 atom stereocenters. The number of nitrogens with one attached hydrogen (secondary N) is 1. The Balaban J connectivity index is 1.56. The zero-order valence-electron chi connectivity index (χ0n) is 12.2. The van der Waals surface area contributed by atoms with Gasteiger partial charge in [-0.15, -0.1) is 0 Å². The summed E-state index contributed by atoms with van der Waals surface area (Å²) in [6, 6.07) is 0.752. The van der Waals surface area contributed by atoms with Crippen molar-refractivity contribution in [3.8, 4) is 0 Å². The minimum Gasteiger partial charge on any atom is -0.345 e. The summed E-state index contributed by atoms with van der Waals surface area (Å²) in [5, 5.41) is 3.04. The van der Waals surface area contributed by atoms with Gasteiger partial charge < -0.3 is 5.32 Å².